The summed E-state index contributed by atoms with van der Waals surface area (Å²) in [6.07, 6.45) is 4.26. The van der Waals surface area contributed by atoms with Crippen LogP contribution in [-0.2, 0) is 21.4 Å². The van der Waals surface area contributed by atoms with Gasteiger partial charge in [-0.2, -0.15) is 4.31 Å². The summed E-state index contributed by atoms with van der Waals surface area (Å²) in [5, 5.41) is 0.336. The molecule has 2 aromatic carbocycles. The smallest absolute Gasteiger partial charge is 0.243 e. The zero-order valence-electron chi connectivity index (χ0n) is 19.0. The highest BCUT2D eigenvalue weighted by Gasteiger charge is 2.36. The Morgan fingerprint density at radius 1 is 1.11 bits per heavy atom. The molecule has 36 heavy (non-hydrogen) atoms. The minimum absolute atomic E-state index is 0.0126. The van der Waals surface area contributed by atoms with Gasteiger partial charge in [0.25, 0.3) is 0 Å². The number of anilines is 1. The maximum atomic E-state index is 14.3. The van der Waals surface area contributed by atoms with Crippen LogP contribution in [0.1, 0.15) is 18.4 Å². The van der Waals surface area contributed by atoms with Crippen LogP contribution >= 0.6 is 11.3 Å². The minimum atomic E-state index is -3.90. The molecule has 0 radical (unpaired) electrons. The van der Waals surface area contributed by atoms with E-state index in [2.05, 4.69) is 9.97 Å². The van der Waals surface area contributed by atoms with E-state index in [4.69, 9.17) is 0 Å². The molecular weight excluding hydrogens is 506 g/mol. The van der Waals surface area contributed by atoms with Gasteiger partial charge < -0.3 is 0 Å². The van der Waals surface area contributed by atoms with E-state index in [9.17, 15) is 22.0 Å². The third-order valence-electron chi connectivity index (χ3n) is 6.10. The van der Waals surface area contributed by atoms with Gasteiger partial charge in [0.15, 0.2) is 5.13 Å². The molecule has 0 saturated carbocycles. The second kappa shape index (κ2) is 10.00. The molecule has 4 aromatic rings. The second-order valence-corrected chi connectivity index (χ2v) is 11.5. The van der Waals surface area contributed by atoms with Crippen LogP contribution in [-0.4, -0.2) is 41.7 Å². The van der Waals surface area contributed by atoms with Gasteiger partial charge >= 0.3 is 0 Å². The minimum Gasteiger partial charge on any atom is -0.283 e. The number of halogens is 2. The number of rotatable bonds is 6. The molecule has 1 unspecified atom stereocenters. The molecule has 1 amide bonds. The molecule has 1 aliphatic rings. The Kier molecular flexibility index (Phi) is 6.78. The quantitative estimate of drug-likeness (QED) is 0.365. The van der Waals surface area contributed by atoms with Gasteiger partial charge in [-0.1, -0.05) is 23.5 Å². The predicted octanol–water partition coefficient (Wildman–Crippen LogP) is 4.60. The fourth-order valence-corrected chi connectivity index (χ4v) is 6.78. The lowest BCUT2D eigenvalue weighted by atomic mass is 9.98. The first-order valence-corrected chi connectivity index (χ1v) is 13.6. The van der Waals surface area contributed by atoms with Crippen LogP contribution in [0, 0.1) is 17.6 Å². The number of pyridine rings is 1. The molecule has 0 aliphatic carbocycles. The van der Waals surface area contributed by atoms with Gasteiger partial charge in [0.1, 0.15) is 17.2 Å². The summed E-state index contributed by atoms with van der Waals surface area (Å²) >= 11 is 1.20. The Bertz CT molecular complexity index is 1500. The number of hydrogen-bond acceptors (Lipinski definition) is 6. The third kappa shape index (κ3) is 4.86. The van der Waals surface area contributed by atoms with Gasteiger partial charge in [0.2, 0.25) is 15.9 Å². The highest BCUT2D eigenvalue weighted by atomic mass is 32.2. The molecule has 11 heteroatoms. The van der Waals surface area contributed by atoms with Crippen molar-refractivity contribution in [2.24, 2.45) is 5.92 Å². The van der Waals surface area contributed by atoms with Crippen molar-refractivity contribution in [3.05, 3.63) is 84.2 Å². The molecule has 1 atom stereocenters. The van der Waals surface area contributed by atoms with Crippen LogP contribution in [0.2, 0.25) is 0 Å². The van der Waals surface area contributed by atoms with Crippen molar-refractivity contribution in [1.29, 1.82) is 0 Å². The average molecular weight is 529 g/mol. The summed E-state index contributed by atoms with van der Waals surface area (Å²) in [7, 11) is -3.90. The van der Waals surface area contributed by atoms with Gasteiger partial charge in [-0.25, -0.2) is 22.2 Å². The van der Waals surface area contributed by atoms with Crippen molar-refractivity contribution < 1.29 is 22.0 Å². The second-order valence-electron chi connectivity index (χ2n) is 8.52. The van der Waals surface area contributed by atoms with E-state index < -0.39 is 27.6 Å². The summed E-state index contributed by atoms with van der Waals surface area (Å²) in [6.45, 7) is 0.412. The molecule has 2 aromatic heterocycles. The number of thiazole rings is 1. The summed E-state index contributed by atoms with van der Waals surface area (Å²) in [5.41, 5.74) is 0.947. The fourth-order valence-electron chi connectivity index (χ4n) is 4.27. The van der Waals surface area contributed by atoms with Crippen LogP contribution in [0.3, 0.4) is 0 Å². The summed E-state index contributed by atoms with van der Waals surface area (Å²) < 4.78 is 55.9. The standard InChI is InChI=1S/C25H22F2N4O3S2/c26-19-8-10-20(11-9-19)36(33,34)30-13-3-5-18(16-30)24(32)31(15-17-4-2-12-28-14-17)25-29-23-21(27)6-1-7-22(23)35-25/h1-2,4,6-12,14,18H,3,5,13,15-16H2. The molecule has 5 rings (SSSR count). The van der Waals surface area contributed by atoms with Crippen molar-refractivity contribution in [3.8, 4) is 0 Å². The fraction of sp³-hybridized carbons (Fsp3) is 0.240. The van der Waals surface area contributed by atoms with Crippen molar-refractivity contribution in [2.45, 2.75) is 24.3 Å². The molecule has 3 heterocycles. The SMILES string of the molecule is O=C(C1CCCN(S(=O)(=O)c2ccc(F)cc2)C1)N(Cc1cccnc1)c1nc2c(F)cccc2s1. The van der Waals surface area contributed by atoms with Gasteiger partial charge in [-0.3, -0.25) is 14.7 Å². The van der Waals surface area contributed by atoms with E-state index >= 15 is 0 Å². The molecule has 1 saturated heterocycles. The molecular formula is C25H22F2N4O3S2. The van der Waals surface area contributed by atoms with E-state index in [0.29, 0.717) is 22.7 Å². The lowest BCUT2D eigenvalue weighted by molar-refractivity contribution is -0.123. The number of carbonyl (C=O) groups excluding carboxylic acids is 1. The first-order chi connectivity index (χ1) is 17.3. The molecule has 0 spiro atoms. The van der Waals surface area contributed by atoms with Gasteiger partial charge in [-0.15, -0.1) is 0 Å². The number of sulfonamides is 1. The van der Waals surface area contributed by atoms with Crippen LogP contribution in [0.4, 0.5) is 13.9 Å². The Balaban J connectivity index is 1.45. The zero-order valence-corrected chi connectivity index (χ0v) is 20.7. The number of nitrogens with zero attached hydrogens (tertiary/aromatic N) is 4. The highest BCUT2D eigenvalue weighted by molar-refractivity contribution is 7.89. The van der Waals surface area contributed by atoms with Gasteiger partial charge in [-0.05, 0) is 60.9 Å². The number of amides is 1. The van der Waals surface area contributed by atoms with Gasteiger partial charge in [0.05, 0.1) is 22.1 Å². The maximum absolute atomic E-state index is 14.3. The van der Waals surface area contributed by atoms with Gasteiger partial charge in [0, 0.05) is 25.5 Å². The number of fused-ring (bicyclic) bond motifs is 1. The zero-order chi connectivity index (χ0) is 25.3. The van der Waals surface area contributed by atoms with Crippen molar-refractivity contribution in [2.75, 3.05) is 18.0 Å². The lowest BCUT2D eigenvalue weighted by Gasteiger charge is -2.33. The summed E-state index contributed by atoms with van der Waals surface area (Å²) in [4.78, 5) is 23.8. The average Bonchev–Trinajstić information content (AvgIpc) is 3.33. The van der Waals surface area contributed by atoms with E-state index in [1.165, 1.54) is 38.7 Å². The first-order valence-electron chi connectivity index (χ1n) is 11.3. The van der Waals surface area contributed by atoms with Crippen LogP contribution in [0.25, 0.3) is 10.2 Å². The number of benzene rings is 2. The molecule has 1 fully saturated rings. The monoisotopic (exact) mass is 528 g/mol. The van der Waals surface area contributed by atoms with Crippen LogP contribution < -0.4 is 4.90 Å². The van der Waals surface area contributed by atoms with Crippen molar-refractivity contribution >= 4 is 42.6 Å². The Morgan fingerprint density at radius 3 is 2.64 bits per heavy atom. The number of carbonyl (C=O) groups is 1. The highest BCUT2D eigenvalue weighted by Crippen LogP contribution is 2.33. The van der Waals surface area contributed by atoms with Crippen LogP contribution in [0.5, 0.6) is 0 Å². The summed E-state index contributed by atoms with van der Waals surface area (Å²) in [5.74, 6) is -1.92. The summed E-state index contributed by atoms with van der Waals surface area (Å²) in [6, 6.07) is 12.9. The molecule has 1 aliphatic heterocycles. The van der Waals surface area contributed by atoms with Crippen LogP contribution in [0.15, 0.2) is 71.9 Å². The lowest BCUT2D eigenvalue weighted by Crippen LogP contribution is -2.46. The largest absolute Gasteiger partial charge is 0.283 e. The topological polar surface area (TPSA) is 83.5 Å². The van der Waals surface area contributed by atoms with E-state index in [1.807, 2.05) is 6.07 Å². The Morgan fingerprint density at radius 2 is 1.92 bits per heavy atom. The number of aromatic nitrogens is 2. The van der Waals surface area contributed by atoms with E-state index in [0.717, 1.165) is 17.7 Å². The normalized spacial score (nSPS) is 16.8. The van der Waals surface area contributed by atoms with Crippen molar-refractivity contribution in [3.63, 3.8) is 0 Å². The molecule has 7 nitrogen and oxygen atoms in total. The van der Waals surface area contributed by atoms with Crippen molar-refractivity contribution in [1.82, 2.24) is 14.3 Å². The molecule has 186 valence electrons. The predicted molar refractivity (Wildman–Crippen MR) is 133 cm³/mol. The van der Waals surface area contributed by atoms with E-state index in [1.54, 1.807) is 30.6 Å². The van der Waals surface area contributed by atoms with E-state index in [-0.39, 0.29) is 36.0 Å². The maximum Gasteiger partial charge on any atom is 0.243 e. The number of hydrogen-bond donors (Lipinski definition) is 0. The Hall–Kier alpha value is -3.28. The Labute approximate surface area is 211 Å². The first kappa shape index (κ1) is 24.4. The third-order valence-corrected chi connectivity index (χ3v) is 9.03. The molecule has 0 bridgehead atoms. The molecule has 0 N–H and O–H groups in total. The number of para-hydroxylation sites is 1. The number of piperidine rings is 1.